The van der Waals surface area contributed by atoms with Crippen molar-refractivity contribution in [1.29, 1.82) is 0 Å². The van der Waals surface area contributed by atoms with E-state index in [1.165, 1.54) is 29.2 Å². The van der Waals surface area contributed by atoms with Crippen molar-refractivity contribution in [1.82, 2.24) is 10.2 Å². The van der Waals surface area contributed by atoms with E-state index < -0.39 is 28.1 Å². The number of sulfonamides is 1. The summed E-state index contributed by atoms with van der Waals surface area (Å²) < 4.78 is 22.7. The van der Waals surface area contributed by atoms with Crippen LogP contribution in [0.2, 0.25) is 5.02 Å². The van der Waals surface area contributed by atoms with Gasteiger partial charge in [-0.1, -0.05) is 23.7 Å². The molecular weight excluding hydrogens is 418 g/mol. The van der Waals surface area contributed by atoms with Gasteiger partial charge in [-0.3, -0.25) is 9.59 Å². The van der Waals surface area contributed by atoms with E-state index >= 15 is 0 Å². The number of likely N-dealkylation sites (tertiary alicyclic amines) is 1. The van der Waals surface area contributed by atoms with E-state index in [9.17, 15) is 23.1 Å². The number of amides is 2. The van der Waals surface area contributed by atoms with Gasteiger partial charge in [0.2, 0.25) is 15.9 Å². The summed E-state index contributed by atoms with van der Waals surface area (Å²) in [4.78, 5) is 26.6. The molecule has 0 radical (unpaired) electrons. The highest BCUT2D eigenvalue weighted by atomic mass is 35.5. The third-order valence-electron chi connectivity index (χ3n) is 4.65. The topological polar surface area (TPSA) is 130 Å². The van der Waals surface area contributed by atoms with Crippen LogP contribution in [0.1, 0.15) is 22.3 Å². The number of nitrogens with one attached hydrogen (secondary N) is 1. The van der Waals surface area contributed by atoms with Crippen LogP contribution in [0, 0.1) is 0 Å². The Bertz CT molecular complexity index is 1010. The number of primary sulfonamides is 1. The molecule has 154 valence electrons. The van der Waals surface area contributed by atoms with Crippen molar-refractivity contribution in [2.45, 2.75) is 30.0 Å². The maximum Gasteiger partial charge on any atom is 0.254 e. The number of aliphatic hydroxyl groups is 1. The first-order chi connectivity index (χ1) is 13.6. The van der Waals surface area contributed by atoms with Gasteiger partial charge in [0.1, 0.15) is 6.04 Å². The highest BCUT2D eigenvalue weighted by Gasteiger charge is 2.39. The highest BCUT2D eigenvalue weighted by Crippen LogP contribution is 2.22. The van der Waals surface area contributed by atoms with Gasteiger partial charge >= 0.3 is 0 Å². The number of hydrogen-bond acceptors (Lipinski definition) is 5. The highest BCUT2D eigenvalue weighted by molar-refractivity contribution is 7.89. The van der Waals surface area contributed by atoms with E-state index in [1.54, 1.807) is 24.3 Å². The Labute approximate surface area is 173 Å². The summed E-state index contributed by atoms with van der Waals surface area (Å²) in [5, 5.41) is 18.4. The predicted molar refractivity (Wildman–Crippen MR) is 107 cm³/mol. The minimum absolute atomic E-state index is 0.00873. The van der Waals surface area contributed by atoms with Crippen LogP contribution in [0.5, 0.6) is 0 Å². The molecule has 1 aliphatic heterocycles. The lowest BCUT2D eigenvalue weighted by Crippen LogP contribution is -2.45. The molecule has 8 nitrogen and oxygen atoms in total. The van der Waals surface area contributed by atoms with Gasteiger partial charge in [-0.2, -0.15) is 0 Å². The smallest absolute Gasteiger partial charge is 0.254 e. The average Bonchev–Trinajstić information content (AvgIpc) is 3.08. The monoisotopic (exact) mass is 437 g/mol. The molecule has 1 heterocycles. The number of carbonyl (C=O) groups excluding carboxylic acids is 2. The fourth-order valence-electron chi connectivity index (χ4n) is 3.15. The SMILES string of the molecule is NS(=O)(=O)c1ccc(C(=O)N2C[C@H](O)C[C@H]2C(=O)NCc2ccc(Cl)cc2)cc1. The molecule has 2 amide bonds. The molecule has 4 N–H and O–H groups in total. The van der Waals surface area contributed by atoms with Crippen LogP contribution in [0.4, 0.5) is 0 Å². The molecule has 1 aliphatic rings. The van der Waals surface area contributed by atoms with E-state index in [1.807, 2.05) is 0 Å². The summed E-state index contributed by atoms with van der Waals surface area (Å²) in [5.41, 5.74) is 1.04. The van der Waals surface area contributed by atoms with E-state index in [0.717, 1.165) is 5.56 Å². The Hall–Kier alpha value is -2.46. The van der Waals surface area contributed by atoms with Crippen molar-refractivity contribution in [2.24, 2.45) is 5.14 Å². The molecular formula is C19H20ClN3O5S. The zero-order valence-electron chi connectivity index (χ0n) is 15.3. The molecule has 1 fully saturated rings. The van der Waals surface area contributed by atoms with Gasteiger partial charge in [0.25, 0.3) is 5.91 Å². The third-order valence-corrected chi connectivity index (χ3v) is 5.83. The second-order valence-corrected chi connectivity index (χ2v) is 8.77. The van der Waals surface area contributed by atoms with Gasteiger partial charge in [-0.15, -0.1) is 0 Å². The summed E-state index contributed by atoms with van der Waals surface area (Å²) in [7, 11) is -3.87. The maximum absolute atomic E-state index is 12.8. The van der Waals surface area contributed by atoms with Gasteiger partial charge < -0.3 is 15.3 Å². The zero-order valence-corrected chi connectivity index (χ0v) is 16.9. The molecule has 10 heteroatoms. The fourth-order valence-corrected chi connectivity index (χ4v) is 3.79. The van der Waals surface area contributed by atoms with E-state index in [-0.39, 0.29) is 35.9 Å². The largest absolute Gasteiger partial charge is 0.391 e. The Kier molecular flexibility index (Phi) is 6.23. The number of halogens is 1. The Morgan fingerprint density at radius 3 is 2.34 bits per heavy atom. The predicted octanol–water partition coefficient (Wildman–Crippen LogP) is 0.879. The number of carbonyl (C=O) groups is 2. The molecule has 0 unspecified atom stereocenters. The lowest BCUT2D eigenvalue weighted by atomic mass is 10.1. The first-order valence-electron chi connectivity index (χ1n) is 8.79. The first kappa shape index (κ1) is 21.3. The maximum atomic E-state index is 12.8. The number of rotatable bonds is 5. The molecule has 3 rings (SSSR count). The lowest BCUT2D eigenvalue weighted by Gasteiger charge is -2.24. The molecule has 2 aromatic carbocycles. The number of benzene rings is 2. The molecule has 2 atom stereocenters. The van der Waals surface area contributed by atoms with Crippen molar-refractivity contribution in [2.75, 3.05) is 6.54 Å². The van der Waals surface area contributed by atoms with Crippen LogP contribution in [0.25, 0.3) is 0 Å². The molecule has 0 aliphatic carbocycles. The summed E-state index contributed by atoms with van der Waals surface area (Å²) in [6.45, 7) is 0.266. The molecule has 0 bridgehead atoms. The van der Waals surface area contributed by atoms with Gasteiger partial charge in [0, 0.05) is 30.1 Å². The normalized spacial score (nSPS) is 19.2. The Balaban J connectivity index is 1.71. The van der Waals surface area contributed by atoms with Crippen molar-refractivity contribution in [3.05, 3.63) is 64.7 Å². The van der Waals surface area contributed by atoms with Gasteiger partial charge in [-0.05, 0) is 42.0 Å². The zero-order chi connectivity index (χ0) is 21.2. The van der Waals surface area contributed by atoms with Gasteiger partial charge in [0.05, 0.1) is 11.0 Å². The molecule has 2 aromatic rings. The van der Waals surface area contributed by atoms with Crippen molar-refractivity contribution < 1.29 is 23.1 Å². The second-order valence-electron chi connectivity index (χ2n) is 6.78. The minimum atomic E-state index is -3.87. The standard InChI is InChI=1S/C19H20ClN3O5S/c20-14-5-1-12(2-6-14)10-22-18(25)17-9-15(24)11-23(17)19(26)13-3-7-16(8-4-13)29(21,27)28/h1-8,15,17,24H,9-11H2,(H,22,25)(H2,21,27,28)/t15-,17+/m1/s1. The van der Waals surface area contributed by atoms with E-state index in [0.29, 0.717) is 5.02 Å². The average molecular weight is 438 g/mol. The lowest BCUT2D eigenvalue weighted by molar-refractivity contribution is -0.125. The second kappa shape index (κ2) is 8.50. The minimum Gasteiger partial charge on any atom is -0.391 e. The summed E-state index contributed by atoms with van der Waals surface area (Å²) in [6.07, 6.45) is -0.707. The van der Waals surface area contributed by atoms with Crippen LogP contribution in [0.15, 0.2) is 53.4 Å². The number of nitrogens with two attached hydrogens (primary N) is 1. The Morgan fingerprint density at radius 1 is 1.14 bits per heavy atom. The fraction of sp³-hybridized carbons (Fsp3) is 0.263. The van der Waals surface area contributed by atoms with Crippen molar-refractivity contribution in [3.8, 4) is 0 Å². The van der Waals surface area contributed by atoms with Crippen LogP contribution in [-0.2, 0) is 21.4 Å². The molecule has 29 heavy (non-hydrogen) atoms. The van der Waals surface area contributed by atoms with Gasteiger partial charge in [-0.25, -0.2) is 13.6 Å². The van der Waals surface area contributed by atoms with Crippen molar-refractivity contribution >= 4 is 33.4 Å². The van der Waals surface area contributed by atoms with E-state index in [2.05, 4.69) is 5.32 Å². The first-order valence-corrected chi connectivity index (χ1v) is 10.7. The van der Waals surface area contributed by atoms with Crippen molar-refractivity contribution in [3.63, 3.8) is 0 Å². The number of β-amino-alcohol motifs (C(OH)–C–C–N with tert-alkyl or cyclic N) is 1. The van der Waals surface area contributed by atoms with E-state index in [4.69, 9.17) is 16.7 Å². The van der Waals surface area contributed by atoms with Crippen LogP contribution in [0.3, 0.4) is 0 Å². The number of nitrogens with zero attached hydrogens (tertiary/aromatic N) is 1. The summed E-state index contributed by atoms with van der Waals surface area (Å²) in [5.74, 6) is -0.861. The Morgan fingerprint density at radius 2 is 1.76 bits per heavy atom. The van der Waals surface area contributed by atoms with Crippen LogP contribution >= 0.6 is 11.6 Å². The summed E-state index contributed by atoms with van der Waals surface area (Å²) in [6, 6.07) is 11.3. The number of aliphatic hydroxyl groups excluding tert-OH is 1. The quantitative estimate of drug-likeness (QED) is 0.639. The van der Waals surface area contributed by atoms with Gasteiger partial charge in [0.15, 0.2) is 0 Å². The van der Waals surface area contributed by atoms with Crippen LogP contribution in [-0.4, -0.2) is 48.9 Å². The molecule has 0 spiro atoms. The number of hydrogen-bond donors (Lipinski definition) is 3. The molecule has 0 aromatic heterocycles. The molecule has 0 saturated carbocycles. The molecule has 1 saturated heterocycles. The summed E-state index contributed by atoms with van der Waals surface area (Å²) >= 11 is 5.84. The third kappa shape index (κ3) is 5.13. The van der Waals surface area contributed by atoms with Crippen LogP contribution < -0.4 is 10.5 Å².